The van der Waals surface area contributed by atoms with Crippen LogP contribution in [0.1, 0.15) is 0 Å². The molecule has 0 aliphatic carbocycles. The van der Waals surface area contributed by atoms with Crippen LogP contribution in [0.3, 0.4) is 0 Å². The van der Waals surface area contributed by atoms with E-state index in [4.69, 9.17) is 0 Å². The van der Waals surface area contributed by atoms with Crippen molar-refractivity contribution in [3.05, 3.63) is 12.3 Å². The number of methoxy groups -OCH3 is 1. The predicted octanol–water partition coefficient (Wildman–Crippen LogP) is 0.629. The molecule has 0 bridgehead atoms. The Morgan fingerprint density at radius 3 is 2.89 bits per heavy atom. The molecule has 0 amide bonds. The first-order valence-electron chi connectivity index (χ1n) is 2.37. The smallest absolute Gasteiger partial charge is 0.281 e. The molecule has 0 unspecified atom stereocenters. The molecule has 47 valence electrons. The van der Waals surface area contributed by atoms with E-state index in [0.717, 1.165) is 0 Å². The molecule has 0 aromatic carbocycles. The third kappa shape index (κ3) is 1.07. The fourth-order valence-electron chi connectivity index (χ4n) is 0.449. The maximum Gasteiger partial charge on any atom is 0.281 e. The largest absolute Gasteiger partial charge is 0.477 e. The van der Waals surface area contributed by atoms with Crippen LogP contribution in [0.15, 0.2) is 12.3 Å². The second-order valence-electron chi connectivity index (χ2n) is 1.40. The van der Waals surface area contributed by atoms with E-state index in [1.165, 1.54) is 19.4 Å². The molecule has 1 radical (unpaired) electrons. The van der Waals surface area contributed by atoms with E-state index in [-0.39, 0.29) is 11.6 Å². The van der Waals surface area contributed by atoms with Gasteiger partial charge in [-0.3, -0.25) is 5.11 Å². The SMILES string of the molecule is COc1nnccc1[O]. The van der Waals surface area contributed by atoms with Crippen molar-refractivity contribution >= 4 is 0 Å². The highest BCUT2D eigenvalue weighted by atomic mass is 16.5. The number of nitrogens with zero attached hydrogens (tertiary/aromatic N) is 2. The van der Waals surface area contributed by atoms with Crippen LogP contribution in [0.4, 0.5) is 0 Å². The molecule has 4 heteroatoms. The van der Waals surface area contributed by atoms with Crippen molar-refractivity contribution in [1.82, 2.24) is 10.2 Å². The van der Waals surface area contributed by atoms with Crippen molar-refractivity contribution in [3.63, 3.8) is 0 Å². The Balaban J connectivity index is 3.01. The van der Waals surface area contributed by atoms with Gasteiger partial charge in [-0.1, -0.05) is 0 Å². The summed E-state index contributed by atoms with van der Waals surface area (Å²) < 4.78 is 4.56. The van der Waals surface area contributed by atoms with Gasteiger partial charge in [-0.2, -0.15) is 5.10 Å². The summed E-state index contributed by atoms with van der Waals surface area (Å²) in [7, 11) is 1.38. The van der Waals surface area contributed by atoms with Crippen LogP contribution in [0.2, 0.25) is 0 Å². The van der Waals surface area contributed by atoms with E-state index in [1.54, 1.807) is 0 Å². The summed E-state index contributed by atoms with van der Waals surface area (Å²) in [5.74, 6) is -0.204. The van der Waals surface area contributed by atoms with Gasteiger partial charge in [0.1, 0.15) is 0 Å². The fourth-order valence-corrected chi connectivity index (χ4v) is 0.449. The first-order chi connectivity index (χ1) is 4.34. The zero-order chi connectivity index (χ0) is 6.69. The lowest BCUT2D eigenvalue weighted by Gasteiger charge is -1.93. The van der Waals surface area contributed by atoms with Crippen LogP contribution in [0.25, 0.3) is 0 Å². The van der Waals surface area contributed by atoms with E-state index in [1.807, 2.05) is 0 Å². The molecule has 0 saturated heterocycles. The minimum Gasteiger partial charge on any atom is -0.477 e. The Labute approximate surface area is 52.1 Å². The molecule has 1 aromatic heterocycles. The molecule has 0 atom stereocenters. The van der Waals surface area contributed by atoms with E-state index in [9.17, 15) is 5.11 Å². The average molecular weight is 125 g/mol. The molecule has 1 rings (SSSR count). The van der Waals surface area contributed by atoms with Crippen LogP contribution in [0.5, 0.6) is 11.6 Å². The van der Waals surface area contributed by atoms with Crippen molar-refractivity contribution < 1.29 is 9.84 Å². The molecule has 0 aliphatic heterocycles. The van der Waals surface area contributed by atoms with Crippen LogP contribution < -0.4 is 4.74 Å². The molecule has 0 saturated carbocycles. The summed E-state index contributed by atoms with van der Waals surface area (Å²) in [6, 6.07) is 1.30. The van der Waals surface area contributed by atoms with Gasteiger partial charge in [0.15, 0.2) is 0 Å². The Hall–Kier alpha value is -1.32. The van der Waals surface area contributed by atoms with Gasteiger partial charge in [-0.25, -0.2) is 0 Å². The summed E-state index contributed by atoms with van der Waals surface area (Å²) in [6.07, 6.45) is 1.32. The van der Waals surface area contributed by atoms with Gasteiger partial charge in [0.25, 0.3) is 5.88 Å². The predicted molar refractivity (Wildman–Crippen MR) is 28.7 cm³/mol. The van der Waals surface area contributed by atoms with Crippen LogP contribution in [-0.2, 0) is 5.11 Å². The highest BCUT2D eigenvalue weighted by molar-refractivity contribution is 5.27. The fraction of sp³-hybridized carbons (Fsp3) is 0.200. The third-order valence-corrected chi connectivity index (χ3v) is 0.845. The first-order valence-corrected chi connectivity index (χ1v) is 2.37. The highest BCUT2D eigenvalue weighted by Crippen LogP contribution is 2.19. The van der Waals surface area contributed by atoms with Crippen LogP contribution in [-0.4, -0.2) is 17.3 Å². The van der Waals surface area contributed by atoms with Gasteiger partial charge in [0.05, 0.1) is 13.3 Å². The summed E-state index contributed by atoms with van der Waals surface area (Å²) in [5.41, 5.74) is 0. The van der Waals surface area contributed by atoms with E-state index in [2.05, 4.69) is 14.9 Å². The van der Waals surface area contributed by atoms with Crippen molar-refractivity contribution in [2.45, 2.75) is 0 Å². The van der Waals surface area contributed by atoms with Gasteiger partial charge in [-0.15, -0.1) is 5.10 Å². The third-order valence-electron chi connectivity index (χ3n) is 0.845. The quantitative estimate of drug-likeness (QED) is 0.553. The molecule has 1 heterocycles. The van der Waals surface area contributed by atoms with Crippen LogP contribution in [0, 0.1) is 0 Å². The maximum absolute atomic E-state index is 10.6. The zero-order valence-electron chi connectivity index (χ0n) is 4.87. The summed E-state index contributed by atoms with van der Waals surface area (Å²) in [4.78, 5) is 0. The second kappa shape index (κ2) is 2.30. The number of hydrogen-bond donors (Lipinski definition) is 0. The van der Waals surface area contributed by atoms with E-state index < -0.39 is 0 Å². The number of hydrogen-bond acceptors (Lipinski definition) is 3. The molecule has 9 heavy (non-hydrogen) atoms. The normalized spacial score (nSPS) is 9.00. The molecule has 0 N–H and O–H groups in total. The summed E-state index contributed by atoms with van der Waals surface area (Å²) in [6.45, 7) is 0. The standard InChI is InChI=1S/C5H5N2O2/c1-9-5-4(8)2-3-6-7-5/h2-3H,1H3. The molecule has 0 fully saturated rings. The minimum atomic E-state index is -0.243. The Bertz CT molecular complexity index is 202. The van der Waals surface area contributed by atoms with E-state index >= 15 is 0 Å². The van der Waals surface area contributed by atoms with Gasteiger partial charge in [0.2, 0.25) is 5.75 Å². The number of ether oxygens (including phenoxy) is 1. The molecule has 1 aromatic rings. The van der Waals surface area contributed by atoms with Crippen molar-refractivity contribution in [2.75, 3.05) is 7.11 Å². The highest BCUT2D eigenvalue weighted by Gasteiger charge is 2.00. The van der Waals surface area contributed by atoms with Crippen molar-refractivity contribution in [1.29, 1.82) is 0 Å². The topological polar surface area (TPSA) is 54.9 Å². The van der Waals surface area contributed by atoms with Crippen LogP contribution >= 0.6 is 0 Å². The molecular formula is C5H5N2O2. The van der Waals surface area contributed by atoms with Gasteiger partial charge >= 0.3 is 0 Å². The Morgan fingerprint density at radius 1 is 1.67 bits per heavy atom. The maximum atomic E-state index is 10.6. The lowest BCUT2D eigenvalue weighted by Crippen LogP contribution is -1.88. The van der Waals surface area contributed by atoms with Gasteiger partial charge < -0.3 is 4.74 Å². The lowest BCUT2D eigenvalue weighted by atomic mass is 10.5. The average Bonchev–Trinajstić information content (AvgIpc) is 1.89. The first kappa shape index (κ1) is 5.81. The monoisotopic (exact) mass is 125 g/mol. The van der Waals surface area contributed by atoms with E-state index in [0.29, 0.717) is 0 Å². The number of aromatic nitrogens is 2. The second-order valence-corrected chi connectivity index (χ2v) is 1.40. The molecule has 0 spiro atoms. The lowest BCUT2D eigenvalue weighted by molar-refractivity contribution is 0.303. The Morgan fingerprint density at radius 2 is 2.44 bits per heavy atom. The minimum absolute atomic E-state index is 0.0394. The van der Waals surface area contributed by atoms with Gasteiger partial charge in [0, 0.05) is 6.07 Å². The summed E-state index contributed by atoms with van der Waals surface area (Å²) >= 11 is 0. The number of rotatable bonds is 1. The summed E-state index contributed by atoms with van der Waals surface area (Å²) in [5, 5.41) is 17.5. The zero-order valence-corrected chi connectivity index (χ0v) is 4.87. The van der Waals surface area contributed by atoms with Crippen molar-refractivity contribution in [3.8, 4) is 11.6 Å². The molecule has 4 nitrogen and oxygen atoms in total. The molecular weight excluding hydrogens is 120 g/mol. The molecule has 0 aliphatic rings. The Kier molecular flexibility index (Phi) is 1.48. The van der Waals surface area contributed by atoms with Crippen molar-refractivity contribution in [2.24, 2.45) is 0 Å². The van der Waals surface area contributed by atoms with Gasteiger partial charge in [-0.05, 0) is 0 Å².